The van der Waals surface area contributed by atoms with Gasteiger partial charge in [-0.3, -0.25) is 9.59 Å². The molecule has 0 aliphatic carbocycles. The molecule has 0 spiro atoms. The number of nitrogens with one attached hydrogen (secondary N) is 1. The molecular formula is C23H30N2O3. The Kier molecular flexibility index (Phi) is 8.05. The lowest BCUT2D eigenvalue weighted by molar-refractivity contribution is -0.142. The number of likely N-dealkylation sites (N-methyl/N-ethyl adjacent to an activating group) is 1. The van der Waals surface area contributed by atoms with Crippen LogP contribution < -0.4 is 10.1 Å². The Morgan fingerprint density at radius 1 is 1.07 bits per heavy atom. The minimum Gasteiger partial charge on any atom is -0.484 e. The van der Waals surface area contributed by atoms with Gasteiger partial charge in [-0.25, -0.2) is 0 Å². The smallest absolute Gasteiger partial charge is 0.261 e. The van der Waals surface area contributed by atoms with E-state index in [0.717, 1.165) is 17.5 Å². The number of hydrogen-bond acceptors (Lipinski definition) is 3. The summed E-state index contributed by atoms with van der Waals surface area (Å²) in [5, 5.41) is 2.79. The van der Waals surface area contributed by atoms with Crippen LogP contribution in [0.4, 0.5) is 0 Å². The number of ether oxygens (including phenoxy) is 1. The highest BCUT2D eigenvalue weighted by atomic mass is 16.5. The van der Waals surface area contributed by atoms with Gasteiger partial charge < -0.3 is 15.0 Å². The lowest BCUT2D eigenvalue weighted by Gasteiger charge is -2.28. The Bertz CT molecular complexity index is 787. The fourth-order valence-electron chi connectivity index (χ4n) is 2.96. The zero-order valence-corrected chi connectivity index (χ0v) is 17.2. The minimum absolute atomic E-state index is 0.110. The van der Waals surface area contributed by atoms with Crippen LogP contribution in [0.5, 0.6) is 5.75 Å². The molecule has 5 nitrogen and oxygen atoms in total. The molecule has 2 rings (SSSR count). The first kappa shape index (κ1) is 21.5. The Balaban J connectivity index is 2.11. The van der Waals surface area contributed by atoms with E-state index < -0.39 is 6.04 Å². The Hall–Kier alpha value is -2.82. The number of hydrogen-bond donors (Lipinski definition) is 1. The number of carbonyl (C=O) groups excluding carboxylic acids is 2. The molecule has 0 bridgehead atoms. The molecule has 0 aromatic heterocycles. The average Bonchev–Trinajstić information content (AvgIpc) is 2.70. The first-order valence-corrected chi connectivity index (χ1v) is 9.79. The molecule has 1 N–H and O–H groups in total. The van der Waals surface area contributed by atoms with Crippen molar-refractivity contribution in [3.8, 4) is 5.75 Å². The number of aryl methyl sites for hydroxylation is 2. The van der Waals surface area contributed by atoms with Crippen molar-refractivity contribution in [3.05, 3.63) is 65.2 Å². The van der Waals surface area contributed by atoms with Crippen LogP contribution in [0, 0.1) is 6.92 Å². The van der Waals surface area contributed by atoms with Gasteiger partial charge in [-0.05, 0) is 50.5 Å². The van der Waals surface area contributed by atoms with E-state index in [0.29, 0.717) is 18.8 Å². The van der Waals surface area contributed by atoms with E-state index in [2.05, 4.69) is 12.2 Å². The Morgan fingerprint density at radius 3 is 2.39 bits per heavy atom. The van der Waals surface area contributed by atoms with Crippen molar-refractivity contribution in [2.45, 2.75) is 46.7 Å². The summed E-state index contributed by atoms with van der Waals surface area (Å²) in [7, 11) is 0. The molecule has 0 aliphatic heterocycles. The molecule has 0 radical (unpaired) electrons. The van der Waals surface area contributed by atoms with Gasteiger partial charge >= 0.3 is 0 Å². The van der Waals surface area contributed by atoms with Crippen molar-refractivity contribution in [2.75, 3.05) is 13.2 Å². The molecule has 5 heteroatoms. The summed E-state index contributed by atoms with van der Waals surface area (Å²) in [6.45, 7) is 8.47. The fourth-order valence-corrected chi connectivity index (χ4v) is 2.96. The van der Waals surface area contributed by atoms with Crippen LogP contribution in [0.2, 0.25) is 0 Å². The third-order valence-electron chi connectivity index (χ3n) is 4.65. The van der Waals surface area contributed by atoms with E-state index in [9.17, 15) is 9.59 Å². The van der Waals surface area contributed by atoms with Gasteiger partial charge in [-0.2, -0.15) is 0 Å². The SMILES string of the molecule is CCNC(=O)[C@@H](C)N(Cc1cccc(C)c1)C(=O)COc1ccc(CC)cc1. The largest absolute Gasteiger partial charge is 0.484 e. The second kappa shape index (κ2) is 10.5. The molecule has 2 aromatic rings. The second-order valence-corrected chi connectivity index (χ2v) is 6.87. The van der Waals surface area contributed by atoms with Crippen molar-refractivity contribution >= 4 is 11.8 Å². The molecule has 2 aromatic carbocycles. The molecule has 0 fully saturated rings. The van der Waals surface area contributed by atoms with E-state index in [-0.39, 0.29) is 18.4 Å². The minimum atomic E-state index is -0.584. The number of rotatable bonds is 9. The Labute approximate surface area is 167 Å². The molecule has 0 saturated heterocycles. The fraction of sp³-hybridized carbons (Fsp3) is 0.391. The molecule has 0 saturated carbocycles. The van der Waals surface area contributed by atoms with Gasteiger partial charge in [-0.1, -0.05) is 48.9 Å². The molecular weight excluding hydrogens is 352 g/mol. The van der Waals surface area contributed by atoms with Crippen molar-refractivity contribution in [3.63, 3.8) is 0 Å². The van der Waals surface area contributed by atoms with Crippen LogP contribution in [0.25, 0.3) is 0 Å². The summed E-state index contributed by atoms with van der Waals surface area (Å²) in [4.78, 5) is 26.8. The third-order valence-corrected chi connectivity index (χ3v) is 4.65. The number of benzene rings is 2. The molecule has 2 amide bonds. The monoisotopic (exact) mass is 382 g/mol. The van der Waals surface area contributed by atoms with Crippen molar-refractivity contribution in [1.82, 2.24) is 10.2 Å². The van der Waals surface area contributed by atoms with Gasteiger partial charge in [0.05, 0.1) is 0 Å². The number of nitrogens with zero attached hydrogens (tertiary/aromatic N) is 1. The van der Waals surface area contributed by atoms with Crippen molar-refractivity contribution in [2.24, 2.45) is 0 Å². The topological polar surface area (TPSA) is 58.6 Å². The van der Waals surface area contributed by atoms with Crippen molar-refractivity contribution < 1.29 is 14.3 Å². The maximum absolute atomic E-state index is 12.9. The van der Waals surface area contributed by atoms with Crippen LogP contribution in [-0.4, -0.2) is 35.9 Å². The number of carbonyl (C=O) groups is 2. The van der Waals surface area contributed by atoms with Gasteiger partial charge in [0, 0.05) is 13.1 Å². The molecule has 0 aliphatic rings. The summed E-state index contributed by atoms with van der Waals surface area (Å²) in [6.07, 6.45) is 0.952. The van der Waals surface area contributed by atoms with Crippen LogP contribution in [0.1, 0.15) is 37.5 Å². The summed E-state index contributed by atoms with van der Waals surface area (Å²) in [5.74, 6) is 0.252. The summed E-state index contributed by atoms with van der Waals surface area (Å²) in [5.41, 5.74) is 3.31. The molecule has 28 heavy (non-hydrogen) atoms. The zero-order valence-electron chi connectivity index (χ0n) is 17.2. The van der Waals surface area contributed by atoms with Gasteiger partial charge in [0.1, 0.15) is 11.8 Å². The zero-order chi connectivity index (χ0) is 20.5. The van der Waals surface area contributed by atoms with E-state index in [1.54, 1.807) is 11.8 Å². The summed E-state index contributed by atoms with van der Waals surface area (Å²) in [6, 6.07) is 15.1. The Morgan fingerprint density at radius 2 is 1.79 bits per heavy atom. The molecule has 150 valence electrons. The maximum Gasteiger partial charge on any atom is 0.261 e. The van der Waals surface area contributed by atoms with Crippen LogP contribution in [0.15, 0.2) is 48.5 Å². The van der Waals surface area contributed by atoms with Crippen LogP contribution in [-0.2, 0) is 22.6 Å². The van der Waals surface area contributed by atoms with E-state index >= 15 is 0 Å². The predicted molar refractivity (Wildman–Crippen MR) is 111 cm³/mol. The van der Waals surface area contributed by atoms with Crippen molar-refractivity contribution in [1.29, 1.82) is 0 Å². The van der Waals surface area contributed by atoms with Gasteiger partial charge in [0.2, 0.25) is 5.91 Å². The number of amides is 2. The summed E-state index contributed by atoms with van der Waals surface area (Å²) < 4.78 is 5.68. The first-order chi connectivity index (χ1) is 13.4. The molecule has 0 unspecified atom stereocenters. The van der Waals surface area contributed by atoms with Crippen LogP contribution >= 0.6 is 0 Å². The highest BCUT2D eigenvalue weighted by molar-refractivity contribution is 5.87. The van der Waals surface area contributed by atoms with Crippen LogP contribution in [0.3, 0.4) is 0 Å². The third kappa shape index (κ3) is 6.12. The maximum atomic E-state index is 12.9. The predicted octanol–water partition coefficient (Wildman–Crippen LogP) is 3.49. The highest BCUT2D eigenvalue weighted by Gasteiger charge is 2.26. The molecule has 1 atom stereocenters. The summed E-state index contributed by atoms with van der Waals surface area (Å²) >= 11 is 0. The van der Waals surface area contributed by atoms with Gasteiger partial charge in [0.25, 0.3) is 5.91 Å². The van der Waals surface area contributed by atoms with Gasteiger partial charge in [0.15, 0.2) is 6.61 Å². The normalized spacial score (nSPS) is 11.6. The standard InChI is InChI=1S/C23H30N2O3/c1-5-19-10-12-21(13-11-19)28-16-22(26)25(18(4)23(27)24-6-2)15-20-9-7-8-17(3)14-20/h7-14,18H,5-6,15-16H2,1-4H3,(H,24,27)/t18-/m1/s1. The lowest BCUT2D eigenvalue weighted by atomic mass is 10.1. The lowest BCUT2D eigenvalue weighted by Crippen LogP contribution is -2.49. The first-order valence-electron chi connectivity index (χ1n) is 9.79. The van der Waals surface area contributed by atoms with E-state index in [1.165, 1.54) is 5.56 Å². The molecule has 0 heterocycles. The van der Waals surface area contributed by atoms with E-state index in [1.807, 2.05) is 62.4 Å². The second-order valence-electron chi connectivity index (χ2n) is 6.87. The highest BCUT2D eigenvalue weighted by Crippen LogP contribution is 2.15. The quantitative estimate of drug-likeness (QED) is 0.722. The average molecular weight is 383 g/mol. The van der Waals surface area contributed by atoms with E-state index in [4.69, 9.17) is 4.74 Å². The van der Waals surface area contributed by atoms with Gasteiger partial charge in [-0.15, -0.1) is 0 Å².